The number of nitrogens with one attached hydrogen (secondary N) is 1. The summed E-state index contributed by atoms with van der Waals surface area (Å²) in [6.45, 7) is 4.16. The minimum absolute atomic E-state index is 0.452. The van der Waals surface area contributed by atoms with E-state index in [9.17, 15) is 0 Å². The van der Waals surface area contributed by atoms with Gasteiger partial charge in [0.2, 0.25) is 0 Å². The van der Waals surface area contributed by atoms with Gasteiger partial charge in [-0.05, 0) is 44.7 Å². The van der Waals surface area contributed by atoms with Crippen molar-refractivity contribution in [2.75, 3.05) is 5.32 Å². The largest absolute Gasteiger partial charge is 0.366 e. The number of rotatable bonds is 5. The first-order valence-electron chi connectivity index (χ1n) is 8.18. The number of aryl methyl sites for hydroxylation is 1. The summed E-state index contributed by atoms with van der Waals surface area (Å²) in [4.78, 5) is 0. The van der Waals surface area contributed by atoms with Gasteiger partial charge < -0.3 is 5.32 Å². The van der Waals surface area contributed by atoms with E-state index >= 15 is 0 Å². The van der Waals surface area contributed by atoms with Gasteiger partial charge in [-0.1, -0.05) is 32.1 Å². The third-order valence-electron chi connectivity index (χ3n) is 4.55. The maximum atomic E-state index is 4.55. The molecule has 1 N–H and O–H groups in total. The van der Waals surface area contributed by atoms with Gasteiger partial charge in [-0.3, -0.25) is 0 Å². The summed E-state index contributed by atoms with van der Waals surface area (Å²) in [6, 6.07) is 4.40. The summed E-state index contributed by atoms with van der Waals surface area (Å²) in [5, 5.41) is 16.1. The van der Waals surface area contributed by atoms with Gasteiger partial charge >= 0.3 is 0 Å². The lowest BCUT2D eigenvalue weighted by Crippen LogP contribution is -2.19. The molecule has 0 aromatic carbocycles. The van der Waals surface area contributed by atoms with Crippen molar-refractivity contribution < 1.29 is 0 Å². The third-order valence-corrected chi connectivity index (χ3v) is 4.55. The topological polar surface area (TPSA) is 55.1 Å². The summed E-state index contributed by atoms with van der Waals surface area (Å²) in [5.41, 5.74) is 0.799. The molecular formula is C16H25N5. The molecule has 1 aliphatic carbocycles. The van der Waals surface area contributed by atoms with E-state index < -0.39 is 0 Å². The monoisotopic (exact) mass is 287 g/mol. The molecule has 1 fully saturated rings. The summed E-state index contributed by atoms with van der Waals surface area (Å²) >= 11 is 0. The van der Waals surface area contributed by atoms with Gasteiger partial charge in [0.25, 0.3) is 0 Å². The predicted octanol–water partition coefficient (Wildman–Crippen LogP) is 3.59. The lowest BCUT2D eigenvalue weighted by Gasteiger charge is -2.23. The van der Waals surface area contributed by atoms with Crippen molar-refractivity contribution >= 4 is 11.5 Å². The van der Waals surface area contributed by atoms with Crippen molar-refractivity contribution in [1.82, 2.24) is 19.8 Å². The first-order valence-corrected chi connectivity index (χ1v) is 8.18. The molecule has 1 atom stereocenters. The maximum absolute atomic E-state index is 4.55. The molecule has 114 valence electrons. The molecule has 0 spiro atoms. The smallest absolute Gasteiger partial charge is 0.178 e. The van der Waals surface area contributed by atoms with E-state index in [4.69, 9.17) is 0 Å². The zero-order valence-corrected chi connectivity index (χ0v) is 13.0. The molecule has 1 aliphatic rings. The quantitative estimate of drug-likeness (QED) is 0.913. The molecule has 3 rings (SSSR count). The highest BCUT2D eigenvalue weighted by Gasteiger charge is 2.14. The Morgan fingerprint density at radius 2 is 2.05 bits per heavy atom. The fourth-order valence-electron chi connectivity index (χ4n) is 3.26. The Balaban J connectivity index is 1.55. The van der Waals surface area contributed by atoms with Gasteiger partial charge in [0.1, 0.15) is 5.82 Å². The second kappa shape index (κ2) is 6.41. The van der Waals surface area contributed by atoms with Crippen LogP contribution in [0.5, 0.6) is 0 Å². The van der Waals surface area contributed by atoms with Crippen LogP contribution >= 0.6 is 0 Å². The van der Waals surface area contributed by atoms with Crippen molar-refractivity contribution in [2.45, 2.75) is 64.8 Å². The van der Waals surface area contributed by atoms with Gasteiger partial charge in [-0.25, -0.2) is 0 Å². The number of anilines is 1. The first-order chi connectivity index (χ1) is 10.2. The van der Waals surface area contributed by atoms with E-state index in [1.807, 2.05) is 19.1 Å². The molecule has 21 heavy (non-hydrogen) atoms. The van der Waals surface area contributed by atoms with Crippen LogP contribution in [0.3, 0.4) is 0 Å². The second-order valence-electron chi connectivity index (χ2n) is 6.36. The predicted molar refractivity (Wildman–Crippen MR) is 84.4 cm³/mol. The van der Waals surface area contributed by atoms with E-state index in [1.165, 1.54) is 44.9 Å². The van der Waals surface area contributed by atoms with Crippen LogP contribution in [-0.4, -0.2) is 25.9 Å². The van der Waals surface area contributed by atoms with Crippen molar-refractivity contribution in [1.29, 1.82) is 0 Å². The standard InChI is InChI=1S/C16H25N5/c1-12(8-9-14-6-4-3-5-7-14)17-15-10-11-16-19-18-13(2)21(16)20-15/h10-12,14H,3-9H2,1-2H3,(H,17,20). The average molecular weight is 287 g/mol. The SMILES string of the molecule is Cc1nnc2ccc(NC(C)CCC3CCCCC3)nn12. The van der Waals surface area contributed by atoms with E-state index in [-0.39, 0.29) is 0 Å². The van der Waals surface area contributed by atoms with E-state index in [2.05, 4.69) is 27.5 Å². The molecule has 2 heterocycles. The minimum Gasteiger partial charge on any atom is -0.366 e. The highest BCUT2D eigenvalue weighted by atomic mass is 15.4. The van der Waals surface area contributed by atoms with Crippen LogP contribution in [0.25, 0.3) is 5.65 Å². The van der Waals surface area contributed by atoms with Gasteiger partial charge in [0.15, 0.2) is 11.5 Å². The van der Waals surface area contributed by atoms with Crippen LogP contribution in [0.4, 0.5) is 5.82 Å². The minimum atomic E-state index is 0.452. The molecule has 5 heteroatoms. The number of hydrogen-bond donors (Lipinski definition) is 1. The second-order valence-corrected chi connectivity index (χ2v) is 6.36. The number of fused-ring (bicyclic) bond motifs is 1. The van der Waals surface area contributed by atoms with E-state index in [0.717, 1.165) is 23.2 Å². The van der Waals surface area contributed by atoms with Gasteiger partial charge in [-0.2, -0.15) is 4.52 Å². The molecule has 2 aromatic heterocycles. The average Bonchev–Trinajstić information content (AvgIpc) is 2.87. The Morgan fingerprint density at radius 3 is 2.86 bits per heavy atom. The number of hydrogen-bond acceptors (Lipinski definition) is 4. The fraction of sp³-hybridized carbons (Fsp3) is 0.688. The van der Waals surface area contributed by atoms with Gasteiger partial charge in [0, 0.05) is 6.04 Å². The van der Waals surface area contributed by atoms with Crippen LogP contribution in [-0.2, 0) is 0 Å². The van der Waals surface area contributed by atoms with Gasteiger partial charge in [-0.15, -0.1) is 15.3 Å². The third kappa shape index (κ3) is 3.52. The molecule has 0 bridgehead atoms. The summed E-state index contributed by atoms with van der Waals surface area (Å²) < 4.78 is 1.79. The van der Waals surface area contributed by atoms with Crippen molar-refractivity contribution in [2.24, 2.45) is 5.92 Å². The molecule has 0 saturated heterocycles. The summed E-state index contributed by atoms with van der Waals surface area (Å²) in [6.07, 6.45) is 9.70. The summed E-state index contributed by atoms with van der Waals surface area (Å²) in [7, 11) is 0. The molecule has 5 nitrogen and oxygen atoms in total. The summed E-state index contributed by atoms with van der Waals surface area (Å²) in [5.74, 6) is 2.67. The Kier molecular flexibility index (Phi) is 4.36. The molecule has 2 aromatic rings. The molecule has 0 amide bonds. The highest BCUT2D eigenvalue weighted by molar-refractivity contribution is 5.44. The Morgan fingerprint density at radius 1 is 1.24 bits per heavy atom. The van der Waals surface area contributed by atoms with E-state index in [1.54, 1.807) is 4.52 Å². The normalized spacial score (nSPS) is 18.0. The first kappa shape index (κ1) is 14.3. The molecule has 1 unspecified atom stereocenters. The Labute approximate surface area is 126 Å². The van der Waals surface area contributed by atoms with Crippen molar-refractivity contribution in [3.8, 4) is 0 Å². The Hall–Kier alpha value is -1.65. The molecule has 0 aliphatic heterocycles. The van der Waals surface area contributed by atoms with Crippen LogP contribution in [0.1, 0.15) is 57.7 Å². The fourth-order valence-corrected chi connectivity index (χ4v) is 3.26. The van der Waals surface area contributed by atoms with Crippen LogP contribution in [0.2, 0.25) is 0 Å². The van der Waals surface area contributed by atoms with Crippen LogP contribution in [0, 0.1) is 12.8 Å². The molecule has 1 saturated carbocycles. The highest BCUT2D eigenvalue weighted by Crippen LogP contribution is 2.28. The van der Waals surface area contributed by atoms with Crippen molar-refractivity contribution in [3.63, 3.8) is 0 Å². The molecule has 0 radical (unpaired) electrons. The zero-order chi connectivity index (χ0) is 14.7. The zero-order valence-electron chi connectivity index (χ0n) is 13.0. The lowest BCUT2D eigenvalue weighted by atomic mass is 9.85. The van der Waals surface area contributed by atoms with Crippen molar-refractivity contribution in [3.05, 3.63) is 18.0 Å². The lowest BCUT2D eigenvalue weighted by molar-refractivity contribution is 0.328. The maximum Gasteiger partial charge on any atom is 0.178 e. The van der Waals surface area contributed by atoms with E-state index in [0.29, 0.717) is 6.04 Å². The van der Waals surface area contributed by atoms with Gasteiger partial charge in [0.05, 0.1) is 0 Å². The van der Waals surface area contributed by atoms with Crippen LogP contribution in [0.15, 0.2) is 12.1 Å². The van der Waals surface area contributed by atoms with Crippen LogP contribution < -0.4 is 5.32 Å². The molecular weight excluding hydrogens is 262 g/mol. The number of nitrogens with zero attached hydrogens (tertiary/aromatic N) is 4. The Bertz CT molecular complexity index is 585. The number of aromatic nitrogens is 4.